The third kappa shape index (κ3) is 10.5. The summed E-state index contributed by atoms with van der Waals surface area (Å²) in [5, 5.41) is 19.8. The number of methoxy groups -OCH3 is 1. The predicted molar refractivity (Wildman–Crippen MR) is 136 cm³/mol. The summed E-state index contributed by atoms with van der Waals surface area (Å²) in [5.41, 5.74) is 2.06. The molecular formula is C28H42O7. The van der Waals surface area contributed by atoms with Crippen LogP contribution in [0.5, 0.6) is 11.5 Å². The van der Waals surface area contributed by atoms with Gasteiger partial charge in [-0.25, -0.2) is 0 Å². The molecule has 2 aromatic rings. The van der Waals surface area contributed by atoms with Gasteiger partial charge >= 0.3 is 0 Å². The zero-order chi connectivity index (χ0) is 25.5. The second-order valence-electron chi connectivity index (χ2n) is 9.10. The highest BCUT2D eigenvalue weighted by atomic mass is 16.5. The number of ether oxygens (including phenoxy) is 5. The van der Waals surface area contributed by atoms with Crippen molar-refractivity contribution in [1.82, 2.24) is 0 Å². The minimum Gasteiger partial charge on any atom is -0.491 e. The Kier molecular flexibility index (Phi) is 13.1. The van der Waals surface area contributed by atoms with E-state index in [1.807, 2.05) is 48.5 Å². The Morgan fingerprint density at radius 2 is 1.17 bits per heavy atom. The van der Waals surface area contributed by atoms with Crippen molar-refractivity contribution in [2.45, 2.75) is 51.2 Å². The molecule has 2 rings (SSSR count). The van der Waals surface area contributed by atoms with Crippen molar-refractivity contribution in [2.75, 3.05) is 53.4 Å². The summed E-state index contributed by atoms with van der Waals surface area (Å²) in [5.74, 6) is 1.40. The molecule has 2 aromatic carbocycles. The van der Waals surface area contributed by atoms with Gasteiger partial charge in [-0.05, 0) is 41.8 Å². The molecule has 0 saturated heterocycles. The number of rotatable bonds is 18. The minimum absolute atomic E-state index is 0.167. The first-order valence-electron chi connectivity index (χ1n) is 12.3. The lowest BCUT2D eigenvalue weighted by Gasteiger charge is -2.26. The Labute approximate surface area is 209 Å². The monoisotopic (exact) mass is 490 g/mol. The first-order valence-corrected chi connectivity index (χ1v) is 12.3. The Morgan fingerprint density at radius 1 is 0.686 bits per heavy atom. The van der Waals surface area contributed by atoms with Crippen molar-refractivity contribution in [3.63, 3.8) is 0 Å². The number of aliphatic hydroxyl groups is 2. The van der Waals surface area contributed by atoms with E-state index in [4.69, 9.17) is 23.7 Å². The SMILES string of the molecule is CCCCOCCOC[C@H](O)COc1ccc(C(C)(C)c2ccc(OC[C@H](O)COC)cc2)cc1. The molecule has 0 radical (unpaired) electrons. The van der Waals surface area contributed by atoms with Gasteiger partial charge in [0.25, 0.3) is 0 Å². The molecule has 2 atom stereocenters. The van der Waals surface area contributed by atoms with Gasteiger partial charge in [0, 0.05) is 19.1 Å². The normalized spacial score (nSPS) is 13.4. The van der Waals surface area contributed by atoms with Gasteiger partial charge in [-0.1, -0.05) is 51.5 Å². The molecule has 196 valence electrons. The first-order chi connectivity index (χ1) is 16.9. The van der Waals surface area contributed by atoms with E-state index in [2.05, 4.69) is 20.8 Å². The maximum atomic E-state index is 10.1. The number of aliphatic hydroxyl groups excluding tert-OH is 2. The van der Waals surface area contributed by atoms with Crippen LogP contribution in [0.2, 0.25) is 0 Å². The molecule has 7 heteroatoms. The van der Waals surface area contributed by atoms with Crippen LogP contribution >= 0.6 is 0 Å². The van der Waals surface area contributed by atoms with E-state index >= 15 is 0 Å². The van der Waals surface area contributed by atoms with Crippen molar-refractivity contribution >= 4 is 0 Å². The summed E-state index contributed by atoms with van der Waals surface area (Å²) in [4.78, 5) is 0. The maximum Gasteiger partial charge on any atom is 0.119 e. The van der Waals surface area contributed by atoms with Crippen LogP contribution in [-0.2, 0) is 19.6 Å². The zero-order valence-electron chi connectivity index (χ0n) is 21.6. The van der Waals surface area contributed by atoms with Crippen LogP contribution in [0.4, 0.5) is 0 Å². The van der Waals surface area contributed by atoms with Gasteiger partial charge in [0.2, 0.25) is 0 Å². The molecule has 0 aliphatic rings. The average Bonchev–Trinajstić information content (AvgIpc) is 2.86. The second kappa shape index (κ2) is 15.8. The van der Waals surface area contributed by atoms with E-state index in [0.717, 1.165) is 30.6 Å². The lowest BCUT2D eigenvalue weighted by Crippen LogP contribution is -2.24. The Morgan fingerprint density at radius 3 is 1.66 bits per heavy atom. The van der Waals surface area contributed by atoms with Gasteiger partial charge in [-0.2, -0.15) is 0 Å². The van der Waals surface area contributed by atoms with E-state index in [0.29, 0.717) is 24.7 Å². The molecule has 0 aliphatic heterocycles. The molecule has 0 unspecified atom stereocenters. The molecule has 0 fully saturated rings. The fraction of sp³-hybridized carbons (Fsp3) is 0.571. The molecule has 0 aromatic heterocycles. The second-order valence-corrected chi connectivity index (χ2v) is 9.10. The van der Waals surface area contributed by atoms with Crippen molar-refractivity contribution in [2.24, 2.45) is 0 Å². The maximum absolute atomic E-state index is 10.1. The van der Waals surface area contributed by atoms with Gasteiger partial charge < -0.3 is 33.9 Å². The summed E-state index contributed by atoms with van der Waals surface area (Å²) in [6, 6.07) is 15.8. The predicted octanol–water partition coefficient (Wildman–Crippen LogP) is 3.97. The number of hydrogen-bond acceptors (Lipinski definition) is 7. The number of unbranched alkanes of at least 4 members (excludes halogenated alkanes) is 1. The highest BCUT2D eigenvalue weighted by Crippen LogP contribution is 2.33. The summed E-state index contributed by atoms with van der Waals surface area (Å²) < 4.78 is 27.1. The van der Waals surface area contributed by atoms with E-state index in [1.165, 1.54) is 0 Å². The smallest absolute Gasteiger partial charge is 0.119 e. The number of benzene rings is 2. The van der Waals surface area contributed by atoms with E-state index in [9.17, 15) is 10.2 Å². The quantitative estimate of drug-likeness (QED) is 0.306. The zero-order valence-corrected chi connectivity index (χ0v) is 21.6. The lowest BCUT2D eigenvalue weighted by atomic mass is 9.78. The number of hydrogen-bond donors (Lipinski definition) is 2. The van der Waals surface area contributed by atoms with Gasteiger partial charge in [0.05, 0.1) is 26.4 Å². The Hall–Kier alpha value is -2.16. The van der Waals surface area contributed by atoms with Crippen molar-refractivity contribution in [3.05, 3.63) is 59.7 Å². The van der Waals surface area contributed by atoms with Crippen LogP contribution < -0.4 is 9.47 Å². The third-order valence-electron chi connectivity index (χ3n) is 5.72. The fourth-order valence-electron chi connectivity index (χ4n) is 3.46. The van der Waals surface area contributed by atoms with Gasteiger partial charge in [-0.15, -0.1) is 0 Å². The van der Waals surface area contributed by atoms with Crippen molar-refractivity contribution < 1.29 is 33.9 Å². The summed E-state index contributed by atoms with van der Waals surface area (Å²) >= 11 is 0. The van der Waals surface area contributed by atoms with Crippen molar-refractivity contribution in [3.8, 4) is 11.5 Å². The van der Waals surface area contributed by atoms with Gasteiger partial charge in [-0.3, -0.25) is 0 Å². The van der Waals surface area contributed by atoms with E-state index < -0.39 is 12.2 Å². The topological polar surface area (TPSA) is 86.6 Å². The van der Waals surface area contributed by atoms with E-state index in [1.54, 1.807) is 7.11 Å². The van der Waals surface area contributed by atoms with Crippen LogP contribution in [0.15, 0.2) is 48.5 Å². The summed E-state index contributed by atoms with van der Waals surface area (Å²) in [6.07, 6.45) is 0.814. The van der Waals surface area contributed by atoms with Gasteiger partial charge in [0.1, 0.15) is 36.9 Å². The third-order valence-corrected chi connectivity index (χ3v) is 5.72. The Bertz CT molecular complexity index is 805. The Balaban J connectivity index is 1.79. The lowest BCUT2D eigenvalue weighted by molar-refractivity contribution is -0.0111. The molecule has 0 saturated carbocycles. The van der Waals surface area contributed by atoms with Crippen LogP contribution in [0, 0.1) is 0 Å². The van der Waals surface area contributed by atoms with Gasteiger partial charge in [0.15, 0.2) is 0 Å². The molecule has 0 spiro atoms. The van der Waals surface area contributed by atoms with Crippen LogP contribution in [-0.4, -0.2) is 75.8 Å². The largest absolute Gasteiger partial charge is 0.491 e. The van der Waals surface area contributed by atoms with Crippen molar-refractivity contribution in [1.29, 1.82) is 0 Å². The van der Waals surface area contributed by atoms with E-state index in [-0.39, 0.29) is 31.8 Å². The van der Waals surface area contributed by atoms with Crippen LogP contribution in [0.3, 0.4) is 0 Å². The van der Waals surface area contributed by atoms with Crippen LogP contribution in [0.1, 0.15) is 44.7 Å². The molecular weight excluding hydrogens is 448 g/mol. The molecule has 0 bridgehead atoms. The first kappa shape index (κ1) is 29.1. The molecule has 7 nitrogen and oxygen atoms in total. The fourth-order valence-corrected chi connectivity index (χ4v) is 3.46. The molecule has 0 heterocycles. The minimum atomic E-state index is -0.696. The molecule has 0 aliphatic carbocycles. The highest BCUT2D eigenvalue weighted by molar-refractivity contribution is 5.41. The highest BCUT2D eigenvalue weighted by Gasteiger charge is 2.23. The molecule has 0 amide bonds. The standard InChI is InChI=1S/C28H42O7/c1-5-6-15-32-16-17-33-19-25(30)21-35-27-13-9-23(10-14-27)28(2,3)22-7-11-26(12-8-22)34-20-24(29)18-31-4/h7-14,24-25,29-30H,5-6,15-21H2,1-4H3/t24-,25+/m1/s1. The summed E-state index contributed by atoms with van der Waals surface area (Å²) in [7, 11) is 1.55. The molecule has 2 N–H and O–H groups in total. The molecule has 35 heavy (non-hydrogen) atoms. The average molecular weight is 491 g/mol. The van der Waals surface area contributed by atoms with Crippen LogP contribution in [0.25, 0.3) is 0 Å². The summed E-state index contributed by atoms with van der Waals surface area (Å²) in [6.45, 7) is 9.01.